The molecule has 3 saturated carbocycles. The smallest absolute Gasteiger partial charge is 0.129 e. The molecule has 0 aromatic carbocycles. The molecule has 5 atom stereocenters. The van der Waals surface area contributed by atoms with E-state index in [0.717, 1.165) is 36.5 Å². The van der Waals surface area contributed by atoms with Crippen LogP contribution in [0.4, 0.5) is 0 Å². The summed E-state index contributed by atoms with van der Waals surface area (Å²) >= 11 is 0. The molecule has 0 bridgehead atoms. The van der Waals surface area contributed by atoms with Gasteiger partial charge >= 0.3 is 0 Å². The van der Waals surface area contributed by atoms with Crippen molar-refractivity contribution in [1.82, 2.24) is 0 Å². The van der Waals surface area contributed by atoms with E-state index in [0.29, 0.717) is 16.6 Å². The van der Waals surface area contributed by atoms with Crippen molar-refractivity contribution in [3.8, 4) is 0 Å². The standard InChI is InChI=1S/C15H24O/c1-9(16)5-6-11-13-12-10(14(12,2)3)7-8-15(11,13)4/h10-13H,5-8H2,1-4H3/t10-,11-,12-,13+,15+/m1/s1. The lowest BCUT2D eigenvalue weighted by atomic mass is 9.90. The second kappa shape index (κ2) is 2.91. The number of hydrogen-bond donors (Lipinski definition) is 0. The van der Waals surface area contributed by atoms with Crippen LogP contribution in [0.15, 0.2) is 0 Å². The molecular weight excluding hydrogens is 196 g/mol. The van der Waals surface area contributed by atoms with Crippen LogP contribution in [0, 0.1) is 34.5 Å². The fraction of sp³-hybridized carbons (Fsp3) is 0.933. The van der Waals surface area contributed by atoms with Gasteiger partial charge in [-0.1, -0.05) is 20.8 Å². The van der Waals surface area contributed by atoms with Crippen LogP contribution < -0.4 is 0 Å². The molecule has 1 heteroatoms. The Labute approximate surface area is 99.0 Å². The molecule has 0 unspecified atom stereocenters. The Morgan fingerprint density at radius 1 is 1.25 bits per heavy atom. The summed E-state index contributed by atoms with van der Waals surface area (Å²) in [5.41, 5.74) is 1.23. The Morgan fingerprint density at radius 3 is 2.56 bits per heavy atom. The number of rotatable bonds is 3. The second-order valence-electron chi connectivity index (χ2n) is 7.37. The summed E-state index contributed by atoms with van der Waals surface area (Å²) in [7, 11) is 0. The zero-order valence-corrected chi connectivity index (χ0v) is 11.0. The van der Waals surface area contributed by atoms with Crippen LogP contribution in [-0.2, 0) is 4.79 Å². The summed E-state index contributed by atoms with van der Waals surface area (Å²) in [5, 5.41) is 0. The van der Waals surface area contributed by atoms with E-state index in [-0.39, 0.29) is 0 Å². The maximum atomic E-state index is 11.1. The van der Waals surface area contributed by atoms with E-state index in [1.165, 1.54) is 12.8 Å². The summed E-state index contributed by atoms with van der Waals surface area (Å²) in [4.78, 5) is 11.1. The van der Waals surface area contributed by atoms with E-state index in [1.807, 2.05) is 0 Å². The minimum atomic E-state index is 0.374. The van der Waals surface area contributed by atoms with Crippen molar-refractivity contribution in [2.24, 2.45) is 34.5 Å². The van der Waals surface area contributed by atoms with Gasteiger partial charge in [-0.3, -0.25) is 0 Å². The molecule has 0 aromatic heterocycles. The van der Waals surface area contributed by atoms with Crippen LogP contribution >= 0.6 is 0 Å². The largest absolute Gasteiger partial charge is 0.300 e. The molecule has 3 aliphatic carbocycles. The van der Waals surface area contributed by atoms with Gasteiger partial charge in [0.1, 0.15) is 5.78 Å². The Balaban J connectivity index is 1.70. The van der Waals surface area contributed by atoms with Crippen molar-refractivity contribution < 1.29 is 4.79 Å². The first-order valence-corrected chi connectivity index (χ1v) is 6.88. The van der Waals surface area contributed by atoms with E-state index < -0.39 is 0 Å². The lowest BCUT2D eigenvalue weighted by molar-refractivity contribution is -0.117. The topological polar surface area (TPSA) is 17.1 Å². The van der Waals surface area contributed by atoms with Crippen molar-refractivity contribution in [3.63, 3.8) is 0 Å². The average Bonchev–Trinajstić information content (AvgIpc) is 2.95. The van der Waals surface area contributed by atoms with Gasteiger partial charge in [0.25, 0.3) is 0 Å². The summed E-state index contributed by atoms with van der Waals surface area (Å²) in [6.07, 6.45) is 4.84. The predicted molar refractivity (Wildman–Crippen MR) is 65.0 cm³/mol. The fourth-order valence-corrected chi connectivity index (χ4v) is 5.10. The van der Waals surface area contributed by atoms with Crippen LogP contribution in [0.25, 0.3) is 0 Å². The number of fused-ring (bicyclic) bond motifs is 3. The molecule has 1 nitrogen and oxygen atoms in total. The first-order chi connectivity index (χ1) is 7.39. The molecule has 0 radical (unpaired) electrons. The van der Waals surface area contributed by atoms with Gasteiger partial charge in [0, 0.05) is 6.42 Å². The minimum Gasteiger partial charge on any atom is -0.300 e. The molecule has 0 amide bonds. The third kappa shape index (κ3) is 1.21. The summed E-state index contributed by atoms with van der Waals surface area (Å²) in [6.45, 7) is 9.12. The summed E-state index contributed by atoms with van der Waals surface area (Å²) < 4.78 is 0. The zero-order valence-electron chi connectivity index (χ0n) is 11.0. The molecule has 3 rings (SSSR count). The van der Waals surface area contributed by atoms with E-state index in [2.05, 4.69) is 20.8 Å². The zero-order chi connectivity index (χ0) is 11.7. The Bertz CT molecular complexity index is 343. The maximum absolute atomic E-state index is 11.1. The third-order valence-corrected chi connectivity index (χ3v) is 6.26. The molecule has 0 aliphatic heterocycles. The first kappa shape index (κ1) is 10.8. The number of Topliss-reactive ketones (excluding diaryl/α,β-unsaturated/α-hetero) is 1. The van der Waals surface area contributed by atoms with Crippen molar-refractivity contribution in [2.75, 3.05) is 0 Å². The number of ketones is 1. The molecule has 3 aliphatic rings. The normalized spacial score (nSPS) is 51.5. The van der Waals surface area contributed by atoms with Crippen LogP contribution in [0.5, 0.6) is 0 Å². The van der Waals surface area contributed by atoms with Crippen LogP contribution in [-0.4, -0.2) is 5.78 Å². The fourth-order valence-electron chi connectivity index (χ4n) is 5.10. The van der Waals surface area contributed by atoms with Gasteiger partial charge in [-0.25, -0.2) is 0 Å². The molecule has 90 valence electrons. The Kier molecular flexibility index (Phi) is 1.97. The highest BCUT2D eigenvalue weighted by Gasteiger charge is 2.76. The number of carbonyl (C=O) groups is 1. The molecule has 3 fully saturated rings. The predicted octanol–water partition coefficient (Wildman–Crippen LogP) is 3.67. The van der Waals surface area contributed by atoms with Crippen molar-refractivity contribution in [1.29, 1.82) is 0 Å². The van der Waals surface area contributed by atoms with E-state index in [1.54, 1.807) is 6.92 Å². The quantitative estimate of drug-likeness (QED) is 0.709. The monoisotopic (exact) mass is 220 g/mol. The van der Waals surface area contributed by atoms with Gasteiger partial charge in [-0.2, -0.15) is 0 Å². The Morgan fingerprint density at radius 2 is 1.94 bits per heavy atom. The molecule has 0 aromatic rings. The highest BCUT2D eigenvalue weighted by atomic mass is 16.1. The highest BCUT2D eigenvalue weighted by molar-refractivity contribution is 5.75. The van der Waals surface area contributed by atoms with E-state index in [4.69, 9.17) is 0 Å². The molecule has 0 N–H and O–H groups in total. The van der Waals surface area contributed by atoms with E-state index in [9.17, 15) is 4.79 Å². The Hall–Kier alpha value is -0.330. The third-order valence-electron chi connectivity index (χ3n) is 6.26. The van der Waals surface area contributed by atoms with E-state index >= 15 is 0 Å². The van der Waals surface area contributed by atoms with Gasteiger partial charge in [0.2, 0.25) is 0 Å². The molecule has 0 spiro atoms. The lowest BCUT2D eigenvalue weighted by Gasteiger charge is -2.15. The van der Waals surface area contributed by atoms with Gasteiger partial charge in [-0.05, 0) is 60.7 Å². The minimum absolute atomic E-state index is 0.374. The first-order valence-electron chi connectivity index (χ1n) is 6.88. The molecular formula is C15H24O. The van der Waals surface area contributed by atoms with Gasteiger partial charge < -0.3 is 4.79 Å². The highest BCUT2D eigenvalue weighted by Crippen LogP contribution is 2.82. The van der Waals surface area contributed by atoms with Crippen LogP contribution in [0.1, 0.15) is 53.4 Å². The van der Waals surface area contributed by atoms with Crippen molar-refractivity contribution in [3.05, 3.63) is 0 Å². The van der Waals surface area contributed by atoms with Crippen molar-refractivity contribution in [2.45, 2.75) is 53.4 Å². The second-order valence-corrected chi connectivity index (χ2v) is 7.37. The number of carbonyl (C=O) groups excluding carboxylic acids is 1. The summed E-state index contributed by atoms with van der Waals surface area (Å²) in [5.74, 6) is 4.20. The van der Waals surface area contributed by atoms with Crippen molar-refractivity contribution >= 4 is 5.78 Å². The molecule has 0 heterocycles. The maximum Gasteiger partial charge on any atom is 0.129 e. The van der Waals surface area contributed by atoms with Gasteiger partial charge in [0.15, 0.2) is 0 Å². The number of hydrogen-bond acceptors (Lipinski definition) is 1. The van der Waals surface area contributed by atoms with Crippen LogP contribution in [0.2, 0.25) is 0 Å². The summed E-state index contributed by atoms with van der Waals surface area (Å²) in [6, 6.07) is 0. The molecule has 16 heavy (non-hydrogen) atoms. The SMILES string of the molecule is CC(=O)CC[C@@H]1[C@H]2[C@H]3[C@@H](CC[C@]21C)C3(C)C. The average molecular weight is 220 g/mol. The molecule has 0 saturated heterocycles. The lowest BCUT2D eigenvalue weighted by Crippen LogP contribution is -2.07. The van der Waals surface area contributed by atoms with Gasteiger partial charge in [-0.15, -0.1) is 0 Å². The van der Waals surface area contributed by atoms with Gasteiger partial charge in [0.05, 0.1) is 0 Å². The van der Waals surface area contributed by atoms with Crippen LogP contribution in [0.3, 0.4) is 0 Å².